The fourth-order valence-corrected chi connectivity index (χ4v) is 3.81. The molecular weight excluding hydrogens is 410 g/mol. The third-order valence-corrected chi connectivity index (χ3v) is 5.50. The summed E-state index contributed by atoms with van der Waals surface area (Å²) in [6.45, 7) is 3.54. The minimum atomic E-state index is -0.294. The SMILES string of the molecule is CCN(CC(=O)N1N=C(c2ccco2)CC1c1ccco1)Cc1ccc(OC)c(OC)c1. The molecule has 2 aromatic heterocycles. The summed E-state index contributed by atoms with van der Waals surface area (Å²) < 4.78 is 21.8. The van der Waals surface area contributed by atoms with Crippen molar-refractivity contribution in [2.24, 2.45) is 5.10 Å². The molecule has 0 bridgehead atoms. The Morgan fingerprint density at radius 1 is 1.12 bits per heavy atom. The van der Waals surface area contributed by atoms with Gasteiger partial charge in [0.2, 0.25) is 0 Å². The van der Waals surface area contributed by atoms with Crippen LogP contribution in [0.3, 0.4) is 0 Å². The van der Waals surface area contributed by atoms with E-state index in [9.17, 15) is 4.79 Å². The molecule has 32 heavy (non-hydrogen) atoms. The average Bonchev–Trinajstić information content (AvgIpc) is 3.58. The molecular formula is C24H27N3O5. The van der Waals surface area contributed by atoms with E-state index in [2.05, 4.69) is 10.0 Å². The van der Waals surface area contributed by atoms with Gasteiger partial charge in [0.15, 0.2) is 11.5 Å². The normalized spacial score (nSPS) is 15.8. The number of methoxy groups -OCH3 is 2. The van der Waals surface area contributed by atoms with Gasteiger partial charge in [-0.2, -0.15) is 5.10 Å². The number of nitrogens with zero attached hydrogens (tertiary/aromatic N) is 3. The first kappa shape index (κ1) is 21.7. The van der Waals surface area contributed by atoms with Crippen LogP contribution in [0.15, 0.2) is 68.9 Å². The Morgan fingerprint density at radius 2 is 1.91 bits per heavy atom. The Morgan fingerprint density at radius 3 is 2.56 bits per heavy atom. The maximum Gasteiger partial charge on any atom is 0.257 e. The van der Waals surface area contributed by atoms with E-state index in [4.69, 9.17) is 18.3 Å². The number of ether oxygens (including phenoxy) is 2. The summed E-state index contributed by atoms with van der Waals surface area (Å²) in [6.07, 6.45) is 3.75. The molecule has 8 heteroatoms. The second-order valence-corrected chi connectivity index (χ2v) is 7.49. The zero-order valence-corrected chi connectivity index (χ0v) is 18.5. The van der Waals surface area contributed by atoms with Crippen molar-refractivity contribution in [2.75, 3.05) is 27.3 Å². The number of hydrogen-bond donors (Lipinski definition) is 0. The van der Waals surface area contributed by atoms with Gasteiger partial charge in [-0.25, -0.2) is 5.01 Å². The van der Waals surface area contributed by atoms with Gasteiger partial charge in [0.25, 0.3) is 5.91 Å². The Kier molecular flexibility index (Phi) is 6.61. The first-order chi connectivity index (χ1) is 15.6. The number of hydrogen-bond acceptors (Lipinski definition) is 7. The quantitative estimate of drug-likeness (QED) is 0.502. The Bertz CT molecular complexity index is 1060. The molecule has 1 amide bonds. The molecule has 0 spiro atoms. The first-order valence-electron chi connectivity index (χ1n) is 10.5. The highest BCUT2D eigenvalue weighted by molar-refractivity contribution is 6.01. The lowest BCUT2D eigenvalue weighted by molar-refractivity contribution is -0.134. The van der Waals surface area contributed by atoms with Gasteiger partial charge >= 0.3 is 0 Å². The zero-order valence-electron chi connectivity index (χ0n) is 18.5. The highest BCUT2D eigenvalue weighted by Gasteiger charge is 2.36. The third-order valence-electron chi connectivity index (χ3n) is 5.50. The number of likely N-dealkylation sites (N-methyl/N-ethyl adjacent to an activating group) is 1. The number of amides is 1. The maximum absolute atomic E-state index is 13.3. The molecule has 0 saturated heterocycles. The van der Waals surface area contributed by atoms with Crippen molar-refractivity contribution in [3.63, 3.8) is 0 Å². The van der Waals surface area contributed by atoms with Gasteiger partial charge in [-0.3, -0.25) is 9.69 Å². The van der Waals surface area contributed by atoms with Crippen molar-refractivity contribution < 1.29 is 23.1 Å². The summed E-state index contributed by atoms with van der Waals surface area (Å²) in [7, 11) is 3.22. The van der Waals surface area contributed by atoms with Gasteiger partial charge in [-0.15, -0.1) is 0 Å². The van der Waals surface area contributed by atoms with Crippen molar-refractivity contribution in [1.82, 2.24) is 9.91 Å². The molecule has 1 unspecified atom stereocenters. The lowest BCUT2D eigenvalue weighted by Gasteiger charge is -2.25. The van der Waals surface area contributed by atoms with Crippen LogP contribution in [0, 0.1) is 0 Å². The summed E-state index contributed by atoms with van der Waals surface area (Å²) in [5.74, 6) is 2.60. The second-order valence-electron chi connectivity index (χ2n) is 7.49. The molecule has 0 N–H and O–H groups in total. The zero-order chi connectivity index (χ0) is 22.5. The molecule has 4 rings (SSSR count). The summed E-state index contributed by atoms with van der Waals surface area (Å²) in [5.41, 5.74) is 1.76. The van der Waals surface area contributed by atoms with Crippen LogP contribution in [-0.2, 0) is 11.3 Å². The van der Waals surface area contributed by atoms with Crippen LogP contribution in [-0.4, -0.2) is 48.8 Å². The second kappa shape index (κ2) is 9.74. The van der Waals surface area contributed by atoms with Gasteiger partial charge < -0.3 is 18.3 Å². The molecule has 0 saturated carbocycles. The highest BCUT2D eigenvalue weighted by atomic mass is 16.5. The largest absolute Gasteiger partial charge is 0.493 e. The van der Waals surface area contributed by atoms with Gasteiger partial charge in [-0.05, 0) is 48.5 Å². The summed E-state index contributed by atoms with van der Waals surface area (Å²) in [4.78, 5) is 15.4. The van der Waals surface area contributed by atoms with Crippen LogP contribution in [0.2, 0.25) is 0 Å². The predicted octanol–water partition coefficient (Wildman–Crippen LogP) is 4.09. The van der Waals surface area contributed by atoms with E-state index in [0.717, 1.165) is 11.3 Å². The Labute approximate surface area is 187 Å². The Hall–Kier alpha value is -3.52. The standard InChI is InChI=1S/C24H27N3O5/c1-4-26(15-17-9-10-22(29-2)23(13-17)30-3)16-24(28)27-19(21-8-6-12-32-21)14-18(25-27)20-7-5-11-31-20/h5-13,19H,4,14-16H2,1-3H3. The van der Waals surface area contributed by atoms with E-state index in [1.165, 1.54) is 5.01 Å². The van der Waals surface area contributed by atoms with Crippen LogP contribution in [0.25, 0.3) is 0 Å². The van der Waals surface area contributed by atoms with E-state index in [-0.39, 0.29) is 18.5 Å². The topological polar surface area (TPSA) is 80.7 Å². The third kappa shape index (κ3) is 4.55. The van der Waals surface area contributed by atoms with E-state index >= 15 is 0 Å². The monoisotopic (exact) mass is 437 g/mol. The number of hydrazone groups is 1. The molecule has 0 radical (unpaired) electrons. The molecule has 1 aromatic carbocycles. The van der Waals surface area contributed by atoms with Crippen molar-refractivity contribution in [2.45, 2.75) is 25.9 Å². The molecule has 168 valence electrons. The predicted molar refractivity (Wildman–Crippen MR) is 119 cm³/mol. The van der Waals surface area contributed by atoms with Crippen LogP contribution in [0.5, 0.6) is 11.5 Å². The highest BCUT2D eigenvalue weighted by Crippen LogP contribution is 2.33. The minimum Gasteiger partial charge on any atom is -0.493 e. The number of carbonyl (C=O) groups excluding carboxylic acids is 1. The molecule has 3 heterocycles. The molecule has 0 aliphatic carbocycles. The average molecular weight is 437 g/mol. The van der Waals surface area contributed by atoms with Crippen molar-refractivity contribution >= 4 is 11.6 Å². The molecule has 1 atom stereocenters. The van der Waals surface area contributed by atoms with Gasteiger partial charge in [0.1, 0.15) is 23.3 Å². The van der Waals surface area contributed by atoms with E-state index in [1.54, 1.807) is 26.7 Å². The molecule has 1 aliphatic heterocycles. The summed E-state index contributed by atoms with van der Waals surface area (Å²) in [6, 6.07) is 12.8. The van der Waals surface area contributed by atoms with E-state index < -0.39 is 0 Å². The first-order valence-corrected chi connectivity index (χ1v) is 10.5. The fourth-order valence-electron chi connectivity index (χ4n) is 3.81. The number of furan rings is 2. The maximum atomic E-state index is 13.3. The van der Waals surface area contributed by atoms with Gasteiger partial charge in [-0.1, -0.05) is 13.0 Å². The molecule has 3 aromatic rings. The van der Waals surface area contributed by atoms with Gasteiger partial charge in [0.05, 0.1) is 33.3 Å². The van der Waals surface area contributed by atoms with Crippen LogP contribution in [0.4, 0.5) is 0 Å². The minimum absolute atomic E-state index is 0.102. The number of rotatable bonds is 9. The molecule has 1 aliphatic rings. The van der Waals surface area contributed by atoms with E-state index in [1.807, 2.05) is 49.4 Å². The number of benzene rings is 1. The lowest BCUT2D eigenvalue weighted by Crippen LogP contribution is -2.37. The fraction of sp³-hybridized carbons (Fsp3) is 0.333. The van der Waals surface area contributed by atoms with Crippen molar-refractivity contribution in [3.05, 3.63) is 72.1 Å². The molecule has 0 fully saturated rings. The van der Waals surface area contributed by atoms with E-state index in [0.29, 0.717) is 42.5 Å². The number of carbonyl (C=O) groups is 1. The summed E-state index contributed by atoms with van der Waals surface area (Å²) in [5, 5.41) is 6.12. The van der Waals surface area contributed by atoms with Crippen molar-refractivity contribution in [1.29, 1.82) is 0 Å². The van der Waals surface area contributed by atoms with Crippen LogP contribution >= 0.6 is 0 Å². The Balaban J connectivity index is 1.51. The van der Waals surface area contributed by atoms with Gasteiger partial charge in [0, 0.05) is 13.0 Å². The van der Waals surface area contributed by atoms with Crippen LogP contribution < -0.4 is 9.47 Å². The lowest BCUT2D eigenvalue weighted by atomic mass is 10.1. The smallest absolute Gasteiger partial charge is 0.257 e. The van der Waals surface area contributed by atoms with Crippen molar-refractivity contribution in [3.8, 4) is 11.5 Å². The molecule has 8 nitrogen and oxygen atoms in total. The van der Waals surface area contributed by atoms with Crippen LogP contribution in [0.1, 0.15) is 36.5 Å². The summed E-state index contributed by atoms with van der Waals surface area (Å²) >= 11 is 0.